The van der Waals surface area contributed by atoms with Gasteiger partial charge in [0.15, 0.2) is 0 Å². The molecule has 0 amide bonds. The van der Waals surface area contributed by atoms with Crippen molar-refractivity contribution in [2.75, 3.05) is 6.61 Å². The van der Waals surface area contributed by atoms with E-state index >= 15 is 0 Å². The average molecular weight is 430 g/mol. The molecule has 2 heterocycles. The number of hydrogen-bond donors (Lipinski definition) is 2. The zero-order valence-corrected chi connectivity index (χ0v) is 15.3. The van der Waals surface area contributed by atoms with Gasteiger partial charge in [0.25, 0.3) is 0 Å². The van der Waals surface area contributed by atoms with Gasteiger partial charge in [0.2, 0.25) is 0 Å². The Morgan fingerprint density at radius 1 is 1.42 bits per heavy atom. The Hall–Kier alpha value is -1.88. The molecule has 0 radical (unpaired) electrons. The van der Waals surface area contributed by atoms with Crippen LogP contribution in [0, 0.1) is 5.82 Å². The molecule has 0 bridgehead atoms. The molecule has 1 aliphatic heterocycles. The molecule has 1 fully saturated rings. The molecule has 26 heavy (non-hydrogen) atoms. The number of halogens is 2. The van der Waals surface area contributed by atoms with Crippen molar-refractivity contribution in [3.05, 3.63) is 36.3 Å². The highest BCUT2D eigenvalue weighted by molar-refractivity contribution is 9.09. The van der Waals surface area contributed by atoms with E-state index in [4.69, 9.17) is 9.47 Å². The molecule has 0 spiro atoms. The number of aliphatic hydroxyl groups is 2. The quantitative estimate of drug-likeness (QED) is 0.551. The molecule has 0 saturated carbocycles. The number of hydrogen-bond acceptors (Lipinski definition) is 7. The van der Waals surface area contributed by atoms with Gasteiger partial charge < -0.3 is 19.7 Å². The summed E-state index contributed by atoms with van der Waals surface area (Å²) >= 11 is 3.19. The van der Waals surface area contributed by atoms with E-state index in [9.17, 15) is 19.4 Å². The Kier molecular flexibility index (Phi) is 5.66. The van der Waals surface area contributed by atoms with Crippen LogP contribution < -0.4 is 0 Å². The monoisotopic (exact) mass is 429 g/mol. The molecule has 1 aromatic heterocycles. The number of aromatic nitrogens is 3. The summed E-state index contributed by atoms with van der Waals surface area (Å²) in [5.74, 6) is -0.922. The Labute approximate surface area is 156 Å². The van der Waals surface area contributed by atoms with E-state index in [1.807, 2.05) is 0 Å². The van der Waals surface area contributed by atoms with E-state index in [1.54, 1.807) is 12.1 Å². The first-order valence-corrected chi connectivity index (χ1v) is 8.75. The molecule has 2 aromatic rings. The number of nitrogens with zero attached hydrogens (tertiary/aromatic N) is 3. The van der Waals surface area contributed by atoms with Crippen LogP contribution in [-0.2, 0) is 14.3 Å². The molecule has 0 aliphatic carbocycles. The number of benzene rings is 1. The van der Waals surface area contributed by atoms with Crippen molar-refractivity contribution < 1.29 is 28.9 Å². The first-order valence-electron chi connectivity index (χ1n) is 7.83. The summed E-state index contributed by atoms with van der Waals surface area (Å²) in [5, 5.41) is 28.1. The molecule has 0 unspecified atom stereocenters. The molecule has 1 aromatic carbocycles. The lowest BCUT2D eigenvalue weighted by atomic mass is 9.97. The van der Waals surface area contributed by atoms with Crippen molar-refractivity contribution in [1.82, 2.24) is 15.0 Å². The molecule has 2 N–H and O–H groups in total. The van der Waals surface area contributed by atoms with Crippen LogP contribution in [0.3, 0.4) is 0 Å². The lowest BCUT2D eigenvalue weighted by Gasteiger charge is -2.40. The Bertz CT molecular complexity index is 789. The Balaban J connectivity index is 1.85. The summed E-state index contributed by atoms with van der Waals surface area (Å²) in [7, 11) is 0. The maximum atomic E-state index is 13.4. The molecule has 8 nitrogen and oxygen atoms in total. The van der Waals surface area contributed by atoms with Gasteiger partial charge in [0.1, 0.15) is 47.5 Å². The summed E-state index contributed by atoms with van der Waals surface area (Å²) in [6, 6.07) is 4.94. The average Bonchev–Trinajstić information content (AvgIpc) is 3.07. The summed E-state index contributed by atoms with van der Waals surface area (Å²) in [5.41, 5.74) is 0.900. The zero-order chi connectivity index (χ0) is 18.8. The molecule has 1 aliphatic rings. The number of alkyl halides is 1. The first kappa shape index (κ1) is 18.9. The Morgan fingerprint density at radius 2 is 2.19 bits per heavy atom. The Morgan fingerprint density at radius 3 is 2.88 bits per heavy atom. The number of carbonyl (C=O) groups excluding carboxylic acids is 1. The van der Waals surface area contributed by atoms with Crippen LogP contribution in [0.2, 0.25) is 0 Å². The maximum Gasteiger partial charge on any atom is 0.302 e. The molecule has 140 valence electrons. The number of rotatable bonds is 4. The van der Waals surface area contributed by atoms with Gasteiger partial charge in [-0.1, -0.05) is 33.3 Å². The fourth-order valence-corrected chi connectivity index (χ4v) is 3.35. The predicted molar refractivity (Wildman–Crippen MR) is 90.7 cm³/mol. The lowest BCUT2D eigenvalue weighted by Crippen LogP contribution is -2.54. The van der Waals surface area contributed by atoms with E-state index in [1.165, 1.54) is 29.9 Å². The van der Waals surface area contributed by atoms with Gasteiger partial charge in [0.05, 0.1) is 6.20 Å². The minimum absolute atomic E-state index is 0.173. The fourth-order valence-electron chi connectivity index (χ4n) is 2.76. The summed E-state index contributed by atoms with van der Waals surface area (Å²) in [6.45, 7) is 1.07. The van der Waals surface area contributed by atoms with Crippen molar-refractivity contribution in [2.24, 2.45) is 0 Å². The summed E-state index contributed by atoms with van der Waals surface area (Å²) in [6.07, 6.45) is -1.71. The van der Waals surface area contributed by atoms with E-state index < -0.39 is 41.2 Å². The minimum atomic E-state index is -1.21. The van der Waals surface area contributed by atoms with Crippen LogP contribution in [0.15, 0.2) is 30.5 Å². The van der Waals surface area contributed by atoms with Crippen LogP contribution in [0.1, 0.15) is 13.0 Å². The topological polar surface area (TPSA) is 107 Å². The second kappa shape index (κ2) is 7.78. The fraction of sp³-hybridized carbons (Fsp3) is 0.438. The predicted octanol–water partition coefficient (Wildman–Crippen LogP) is 1.03. The zero-order valence-electron chi connectivity index (χ0n) is 13.7. The minimum Gasteiger partial charge on any atom is -0.463 e. The normalized spacial score (nSPS) is 28.7. The molecule has 3 rings (SSSR count). The van der Waals surface area contributed by atoms with E-state index in [0.29, 0.717) is 11.3 Å². The van der Waals surface area contributed by atoms with Gasteiger partial charge in [-0.15, -0.1) is 5.10 Å². The highest BCUT2D eigenvalue weighted by Crippen LogP contribution is 2.33. The van der Waals surface area contributed by atoms with E-state index in [-0.39, 0.29) is 6.61 Å². The van der Waals surface area contributed by atoms with E-state index in [0.717, 1.165) is 0 Å². The van der Waals surface area contributed by atoms with Crippen LogP contribution in [0.25, 0.3) is 11.3 Å². The summed E-state index contributed by atoms with van der Waals surface area (Å²) < 4.78 is 25.0. The SMILES string of the molecule is CC(=O)OC[C@H]1O[C@H](Br)[C@H](O)[C@@H](n2cc(-c3cccc(F)c3)nn2)[C@H]1O. The van der Waals surface area contributed by atoms with Gasteiger partial charge in [-0.2, -0.15) is 0 Å². The third kappa shape index (κ3) is 3.93. The number of carbonyl (C=O) groups is 1. The van der Waals surface area contributed by atoms with E-state index in [2.05, 4.69) is 26.2 Å². The first-order chi connectivity index (χ1) is 12.4. The van der Waals surface area contributed by atoms with Crippen LogP contribution >= 0.6 is 15.9 Å². The van der Waals surface area contributed by atoms with Crippen LogP contribution in [0.5, 0.6) is 0 Å². The van der Waals surface area contributed by atoms with Crippen LogP contribution in [-0.4, -0.2) is 61.1 Å². The van der Waals surface area contributed by atoms with Crippen molar-refractivity contribution in [2.45, 2.75) is 36.3 Å². The maximum absolute atomic E-state index is 13.4. The van der Waals surface area contributed by atoms with Gasteiger partial charge in [-0.25, -0.2) is 9.07 Å². The van der Waals surface area contributed by atoms with Crippen LogP contribution in [0.4, 0.5) is 4.39 Å². The lowest BCUT2D eigenvalue weighted by molar-refractivity contribution is -0.185. The second-order valence-electron chi connectivity index (χ2n) is 5.89. The largest absolute Gasteiger partial charge is 0.463 e. The van der Waals surface area contributed by atoms with Gasteiger partial charge in [0, 0.05) is 12.5 Å². The smallest absolute Gasteiger partial charge is 0.302 e. The summed E-state index contributed by atoms with van der Waals surface area (Å²) in [4.78, 5) is 11.0. The molecule has 10 heteroatoms. The highest BCUT2D eigenvalue weighted by atomic mass is 79.9. The standard InChI is InChI=1S/C16H17BrFN3O5/c1-8(22)25-7-12-14(23)13(15(24)16(17)26-12)21-6-11(19-20-21)9-3-2-4-10(18)5-9/h2-6,12-16,23-24H,7H2,1H3/t12-,13+,14+,15-,16+/m1/s1. The third-order valence-corrected chi connectivity index (χ3v) is 4.80. The molecule has 1 saturated heterocycles. The third-order valence-electron chi connectivity index (χ3n) is 4.04. The second-order valence-corrected chi connectivity index (χ2v) is 6.80. The van der Waals surface area contributed by atoms with Gasteiger partial charge in [-0.05, 0) is 12.1 Å². The number of aliphatic hydroxyl groups excluding tert-OH is 2. The van der Waals surface area contributed by atoms with Crippen molar-refractivity contribution in [1.29, 1.82) is 0 Å². The molecule has 5 atom stereocenters. The van der Waals surface area contributed by atoms with Crippen molar-refractivity contribution in [3.63, 3.8) is 0 Å². The molecular weight excluding hydrogens is 413 g/mol. The number of ether oxygens (including phenoxy) is 2. The van der Waals surface area contributed by atoms with Gasteiger partial charge >= 0.3 is 5.97 Å². The molecular formula is C16H17BrFN3O5. The van der Waals surface area contributed by atoms with Gasteiger partial charge in [-0.3, -0.25) is 4.79 Å². The van der Waals surface area contributed by atoms with Crippen molar-refractivity contribution >= 4 is 21.9 Å². The number of esters is 1. The highest BCUT2D eigenvalue weighted by Gasteiger charge is 2.45. The van der Waals surface area contributed by atoms with Crippen molar-refractivity contribution in [3.8, 4) is 11.3 Å².